The van der Waals surface area contributed by atoms with Crippen LogP contribution in [0.25, 0.3) is 0 Å². The molecule has 2 rings (SSSR count). The van der Waals surface area contributed by atoms with Crippen LogP contribution < -0.4 is 10.1 Å². The molecule has 0 bridgehead atoms. The summed E-state index contributed by atoms with van der Waals surface area (Å²) in [6, 6.07) is 8.96. The summed E-state index contributed by atoms with van der Waals surface area (Å²) in [5, 5.41) is 3.75. The van der Waals surface area contributed by atoms with Crippen molar-refractivity contribution in [1.29, 1.82) is 0 Å². The Morgan fingerprint density at radius 2 is 2.05 bits per heavy atom. The first kappa shape index (κ1) is 15.7. The van der Waals surface area contributed by atoms with E-state index in [9.17, 15) is 4.39 Å². The van der Waals surface area contributed by atoms with E-state index in [4.69, 9.17) is 16.3 Å². The minimum atomic E-state index is -0.423. The fraction of sp³-hybridized carbons (Fsp3) is 0.312. The lowest BCUT2D eigenvalue weighted by molar-refractivity contribution is 0.276. The van der Waals surface area contributed by atoms with Crippen LogP contribution in [0.3, 0.4) is 0 Å². The Morgan fingerprint density at radius 3 is 2.81 bits per heavy atom. The zero-order chi connectivity index (χ0) is 15.1. The molecule has 0 fully saturated rings. The van der Waals surface area contributed by atoms with Gasteiger partial charge in [0.1, 0.15) is 6.61 Å². The van der Waals surface area contributed by atoms with Gasteiger partial charge in [-0.3, -0.25) is 0 Å². The molecular weight excluding hydrogens is 291 g/mol. The third kappa shape index (κ3) is 4.41. The number of pyridine rings is 1. The predicted octanol–water partition coefficient (Wildman–Crippen LogP) is 3.95. The number of hydrogen-bond donors (Lipinski definition) is 1. The van der Waals surface area contributed by atoms with Gasteiger partial charge in [0.15, 0.2) is 5.82 Å². The van der Waals surface area contributed by atoms with Gasteiger partial charge in [0.25, 0.3) is 5.88 Å². The SMILES string of the molecule is CCCNCc1ccnc(OCc2ccccc2Cl)c1F. The van der Waals surface area contributed by atoms with Gasteiger partial charge in [0, 0.05) is 28.9 Å². The molecule has 0 atom stereocenters. The molecule has 0 unspecified atom stereocenters. The lowest BCUT2D eigenvalue weighted by Gasteiger charge is -2.10. The second-order valence-corrected chi connectivity index (χ2v) is 5.05. The van der Waals surface area contributed by atoms with Crippen molar-refractivity contribution in [3.63, 3.8) is 0 Å². The van der Waals surface area contributed by atoms with E-state index in [2.05, 4.69) is 17.2 Å². The summed E-state index contributed by atoms with van der Waals surface area (Å²) in [7, 11) is 0. The Hall–Kier alpha value is -1.65. The van der Waals surface area contributed by atoms with E-state index in [-0.39, 0.29) is 12.5 Å². The van der Waals surface area contributed by atoms with Crippen LogP contribution in [0, 0.1) is 5.82 Å². The highest BCUT2D eigenvalue weighted by Gasteiger charge is 2.11. The van der Waals surface area contributed by atoms with Crippen molar-refractivity contribution in [3.8, 4) is 5.88 Å². The minimum absolute atomic E-state index is 0.00529. The first-order valence-corrected chi connectivity index (χ1v) is 7.30. The van der Waals surface area contributed by atoms with E-state index in [1.807, 2.05) is 18.2 Å². The van der Waals surface area contributed by atoms with Crippen molar-refractivity contribution in [2.45, 2.75) is 26.5 Å². The molecule has 3 nitrogen and oxygen atoms in total. The summed E-state index contributed by atoms with van der Waals surface area (Å²) in [6.07, 6.45) is 2.55. The number of rotatable bonds is 7. The normalized spacial score (nSPS) is 10.6. The second kappa shape index (κ2) is 7.96. The smallest absolute Gasteiger partial charge is 0.251 e. The van der Waals surface area contributed by atoms with E-state index in [1.54, 1.807) is 18.3 Å². The number of nitrogens with one attached hydrogen (secondary N) is 1. The molecule has 0 aliphatic heterocycles. The summed E-state index contributed by atoms with van der Waals surface area (Å²) in [4.78, 5) is 3.94. The molecule has 0 saturated heterocycles. The van der Waals surface area contributed by atoms with Crippen LogP contribution in [0.1, 0.15) is 24.5 Å². The van der Waals surface area contributed by atoms with Crippen molar-refractivity contribution in [2.75, 3.05) is 6.54 Å². The zero-order valence-corrected chi connectivity index (χ0v) is 12.7. The Kier molecular flexibility index (Phi) is 5.96. The predicted molar refractivity (Wildman–Crippen MR) is 82.0 cm³/mol. The summed E-state index contributed by atoms with van der Waals surface area (Å²) < 4.78 is 19.7. The molecule has 0 radical (unpaired) electrons. The third-order valence-electron chi connectivity index (χ3n) is 3.00. The fourth-order valence-corrected chi connectivity index (χ4v) is 2.05. The maximum absolute atomic E-state index is 14.2. The van der Waals surface area contributed by atoms with Gasteiger partial charge in [0.2, 0.25) is 0 Å². The number of hydrogen-bond acceptors (Lipinski definition) is 3. The number of halogens is 2. The van der Waals surface area contributed by atoms with Crippen LogP contribution in [-0.2, 0) is 13.2 Å². The number of ether oxygens (including phenoxy) is 1. The van der Waals surface area contributed by atoms with Gasteiger partial charge in [-0.15, -0.1) is 0 Å². The first-order valence-electron chi connectivity index (χ1n) is 6.92. The van der Waals surface area contributed by atoms with Crippen LogP contribution in [0.4, 0.5) is 4.39 Å². The van der Waals surface area contributed by atoms with Gasteiger partial charge >= 0.3 is 0 Å². The molecule has 2 aromatic rings. The zero-order valence-electron chi connectivity index (χ0n) is 11.9. The summed E-state index contributed by atoms with van der Waals surface area (Å²) in [6.45, 7) is 3.56. The Bertz CT molecular complexity index is 592. The molecule has 1 aromatic carbocycles. The highest BCUT2D eigenvalue weighted by molar-refractivity contribution is 6.31. The van der Waals surface area contributed by atoms with Crippen molar-refractivity contribution in [3.05, 3.63) is 58.5 Å². The van der Waals surface area contributed by atoms with Gasteiger partial charge in [-0.05, 0) is 25.1 Å². The Morgan fingerprint density at radius 1 is 1.24 bits per heavy atom. The molecule has 0 saturated carbocycles. The van der Waals surface area contributed by atoms with E-state index in [1.165, 1.54) is 0 Å². The van der Waals surface area contributed by atoms with Crippen molar-refractivity contribution in [2.24, 2.45) is 0 Å². The minimum Gasteiger partial charge on any atom is -0.471 e. The molecule has 21 heavy (non-hydrogen) atoms. The average Bonchev–Trinajstić information content (AvgIpc) is 2.49. The highest BCUT2D eigenvalue weighted by atomic mass is 35.5. The maximum atomic E-state index is 14.2. The van der Waals surface area contributed by atoms with Gasteiger partial charge in [-0.1, -0.05) is 36.7 Å². The molecular formula is C16H18ClFN2O. The van der Waals surface area contributed by atoms with E-state index < -0.39 is 5.82 Å². The number of nitrogens with zero attached hydrogens (tertiary/aromatic N) is 1. The molecule has 0 amide bonds. The molecule has 5 heteroatoms. The topological polar surface area (TPSA) is 34.2 Å². The van der Waals surface area contributed by atoms with E-state index in [0.717, 1.165) is 18.5 Å². The summed E-state index contributed by atoms with van der Waals surface area (Å²) in [5.41, 5.74) is 1.35. The van der Waals surface area contributed by atoms with Gasteiger partial charge < -0.3 is 10.1 Å². The Balaban J connectivity index is 2.03. The standard InChI is InChI=1S/C16H18ClFN2O/c1-2-8-19-10-12-7-9-20-16(15(12)18)21-11-13-5-3-4-6-14(13)17/h3-7,9,19H,2,8,10-11H2,1H3. The molecule has 0 spiro atoms. The molecule has 112 valence electrons. The number of benzene rings is 1. The first-order chi connectivity index (χ1) is 10.2. The van der Waals surface area contributed by atoms with Crippen molar-refractivity contribution >= 4 is 11.6 Å². The molecule has 1 aromatic heterocycles. The highest BCUT2D eigenvalue weighted by Crippen LogP contribution is 2.21. The largest absolute Gasteiger partial charge is 0.471 e. The molecule has 0 aliphatic rings. The van der Waals surface area contributed by atoms with Gasteiger partial charge in [0.05, 0.1) is 0 Å². The molecule has 0 aliphatic carbocycles. The monoisotopic (exact) mass is 308 g/mol. The Labute approximate surface area is 129 Å². The fourth-order valence-electron chi connectivity index (χ4n) is 1.86. The molecule has 1 N–H and O–H groups in total. The average molecular weight is 309 g/mol. The van der Waals surface area contributed by atoms with E-state index in [0.29, 0.717) is 17.1 Å². The van der Waals surface area contributed by atoms with E-state index >= 15 is 0 Å². The lowest BCUT2D eigenvalue weighted by Crippen LogP contribution is -2.15. The quantitative estimate of drug-likeness (QED) is 0.786. The summed E-state index contributed by atoms with van der Waals surface area (Å²) in [5.74, 6) is -0.418. The van der Waals surface area contributed by atoms with Crippen LogP contribution in [0.5, 0.6) is 5.88 Å². The number of aromatic nitrogens is 1. The molecule has 1 heterocycles. The van der Waals surface area contributed by atoms with Crippen molar-refractivity contribution in [1.82, 2.24) is 10.3 Å². The van der Waals surface area contributed by atoms with Gasteiger partial charge in [-0.2, -0.15) is 0 Å². The van der Waals surface area contributed by atoms with Gasteiger partial charge in [-0.25, -0.2) is 9.37 Å². The second-order valence-electron chi connectivity index (χ2n) is 4.65. The van der Waals surface area contributed by atoms with Crippen molar-refractivity contribution < 1.29 is 9.13 Å². The summed E-state index contributed by atoms with van der Waals surface area (Å²) >= 11 is 6.04. The van der Waals surface area contributed by atoms with Crippen LogP contribution in [0.15, 0.2) is 36.5 Å². The lowest BCUT2D eigenvalue weighted by atomic mass is 10.2. The maximum Gasteiger partial charge on any atom is 0.251 e. The van der Waals surface area contributed by atoms with Crippen LogP contribution in [-0.4, -0.2) is 11.5 Å². The third-order valence-corrected chi connectivity index (χ3v) is 3.37. The van der Waals surface area contributed by atoms with Crippen LogP contribution >= 0.6 is 11.6 Å². The van der Waals surface area contributed by atoms with Crippen LogP contribution in [0.2, 0.25) is 5.02 Å².